The highest BCUT2D eigenvalue weighted by Gasteiger charge is 2.37. The van der Waals surface area contributed by atoms with Gasteiger partial charge in [-0.05, 0) is 58.2 Å². The van der Waals surface area contributed by atoms with Crippen molar-refractivity contribution in [2.45, 2.75) is 71.8 Å². The maximum absolute atomic E-state index is 12.7. The van der Waals surface area contributed by atoms with Crippen LogP contribution in [0.4, 0.5) is 10.6 Å². The average molecular weight is 472 g/mol. The molecule has 1 amide bonds. The summed E-state index contributed by atoms with van der Waals surface area (Å²) >= 11 is 6.39. The molecule has 0 N–H and O–H groups in total. The lowest BCUT2D eigenvalue weighted by Crippen LogP contribution is -2.59. The lowest BCUT2D eigenvalue weighted by atomic mass is 10.0. The average Bonchev–Trinajstić information content (AvgIpc) is 2.73. The van der Waals surface area contributed by atoms with Crippen LogP contribution in [0.25, 0.3) is 0 Å². The van der Waals surface area contributed by atoms with Crippen LogP contribution in [-0.2, 0) is 24.2 Å². The highest BCUT2D eigenvalue weighted by molar-refractivity contribution is 6.28. The zero-order chi connectivity index (χ0) is 23.8. The minimum Gasteiger partial charge on any atom is -0.444 e. The fourth-order valence-corrected chi connectivity index (χ4v) is 4.83. The van der Waals surface area contributed by atoms with Crippen LogP contribution in [0.15, 0.2) is 30.3 Å². The van der Waals surface area contributed by atoms with Gasteiger partial charge < -0.3 is 14.5 Å². The monoisotopic (exact) mass is 471 g/mol. The number of anilines is 1. The molecular weight excluding hydrogens is 438 g/mol. The molecule has 2 aliphatic heterocycles. The molecule has 8 heteroatoms. The van der Waals surface area contributed by atoms with Crippen LogP contribution in [0.3, 0.4) is 0 Å². The first-order valence-electron chi connectivity index (χ1n) is 11.7. The van der Waals surface area contributed by atoms with Gasteiger partial charge in [0.2, 0.25) is 5.28 Å². The van der Waals surface area contributed by atoms with Crippen LogP contribution in [0, 0.1) is 0 Å². The Morgan fingerprint density at radius 1 is 1.12 bits per heavy atom. The molecule has 178 valence electrons. The van der Waals surface area contributed by atoms with Gasteiger partial charge >= 0.3 is 6.09 Å². The zero-order valence-electron chi connectivity index (χ0n) is 20.2. The van der Waals surface area contributed by atoms with Gasteiger partial charge in [-0.3, -0.25) is 4.90 Å². The first-order chi connectivity index (χ1) is 15.6. The molecule has 0 radical (unpaired) electrons. The van der Waals surface area contributed by atoms with E-state index in [9.17, 15) is 4.79 Å². The van der Waals surface area contributed by atoms with Gasteiger partial charge in [0, 0.05) is 50.4 Å². The quantitative estimate of drug-likeness (QED) is 0.613. The highest BCUT2D eigenvalue weighted by atomic mass is 35.5. The van der Waals surface area contributed by atoms with Gasteiger partial charge in [0.05, 0.1) is 5.69 Å². The number of carbonyl (C=O) groups is 1. The number of nitrogens with zero attached hydrogens (tertiary/aromatic N) is 5. The molecule has 1 saturated heterocycles. The first kappa shape index (κ1) is 23.8. The van der Waals surface area contributed by atoms with Crippen LogP contribution in [0.2, 0.25) is 5.28 Å². The summed E-state index contributed by atoms with van der Waals surface area (Å²) < 4.78 is 5.62. The molecule has 0 spiro atoms. The van der Waals surface area contributed by atoms with E-state index in [4.69, 9.17) is 16.3 Å². The van der Waals surface area contributed by atoms with E-state index >= 15 is 0 Å². The van der Waals surface area contributed by atoms with Crippen molar-refractivity contribution >= 4 is 23.5 Å². The molecule has 3 heterocycles. The van der Waals surface area contributed by atoms with Gasteiger partial charge in [0.1, 0.15) is 11.4 Å². The number of hydrogen-bond donors (Lipinski definition) is 0. The van der Waals surface area contributed by atoms with Crippen LogP contribution < -0.4 is 4.90 Å². The van der Waals surface area contributed by atoms with Gasteiger partial charge in [-0.15, -0.1) is 0 Å². The highest BCUT2D eigenvalue weighted by Crippen LogP contribution is 2.32. The standard InChI is InChI=1S/C25H34ClN5O2/c1-17-14-31(24(32)33-25(3,4)5)18(2)13-30(17)22-20-11-12-29(15-19-9-7-6-8-10-19)16-21(20)27-23(26)28-22/h6-10,17-18H,11-16H2,1-5H3. The Hall–Kier alpha value is -2.38. The van der Waals surface area contributed by atoms with Crippen LogP contribution in [0.5, 0.6) is 0 Å². The van der Waals surface area contributed by atoms with Crippen molar-refractivity contribution in [2.24, 2.45) is 0 Å². The lowest BCUT2D eigenvalue weighted by molar-refractivity contribution is 0.0129. The molecule has 1 aromatic carbocycles. The fraction of sp³-hybridized carbons (Fsp3) is 0.560. The molecule has 0 aliphatic carbocycles. The van der Waals surface area contributed by atoms with Crippen molar-refractivity contribution in [2.75, 3.05) is 24.5 Å². The lowest BCUT2D eigenvalue weighted by Gasteiger charge is -2.45. The second-order valence-corrected chi connectivity index (χ2v) is 10.5. The molecule has 4 rings (SSSR count). The maximum Gasteiger partial charge on any atom is 0.410 e. The smallest absolute Gasteiger partial charge is 0.410 e. The molecule has 33 heavy (non-hydrogen) atoms. The SMILES string of the molecule is CC1CN(c2nc(Cl)nc3c2CCN(Cc2ccccc2)C3)C(C)CN1C(=O)OC(C)(C)C. The van der Waals surface area contributed by atoms with Crippen molar-refractivity contribution in [1.82, 2.24) is 19.8 Å². The number of carbonyl (C=O) groups excluding carboxylic acids is 1. The molecule has 2 aliphatic rings. The van der Waals surface area contributed by atoms with Gasteiger partial charge in [-0.25, -0.2) is 14.8 Å². The summed E-state index contributed by atoms with van der Waals surface area (Å²) in [5, 5.41) is 0.278. The van der Waals surface area contributed by atoms with E-state index in [0.29, 0.717) is 13.1 Å². The molecule has 7 nitrogen and oxygen atoms in total. The van der Waals surface area contributed by atoms with Gasteiger partial charge in [0.25, 0.3) is 0 Å². The molecule has 2 unspecified atom stereocenters. The number of aromatic nitrogens is 2. The summed E-state index contributed by atoms with van der Waals surface area (Å²) in [6.07, 6.45) is 0.614. The summed E-state index contributed by atoms with van der Waals surface area (Å²) in [4.78, 5) is 28.5. The van der Waals surface area contributed by atoms with Gasteiger partial charge in [-0.2, -0.15) is 0 Å². The fourth-order valence-electron chi connectivity index (χ4n) is 4.65. The van der Waals surface area contributed by atoms with Crippen molar-refractivity contribution in [1.29, 1.82) is 0 Å². The Bertz CT molecular complexity index is 994. The molecule has 1 aromatic heterocycles. The molecule has 1 fully saturated rings. The largest absolute Gasteiger partial charge is 0.444 e. The van der Waals surface area contributed by atoms with E-state index in [1.54, 1.807) is 0 Å². The number of piperazine rings is 1. The summed E-state index contributed by atoms with van der Waals surface area (Å²) in [6.45, 7) is 13.7. The second kappa shape index (κ2) is 9.47. The Morgan fingerprint density at radius 2 is 1.85 bits per heavy atom. The number of benzene rings is 1. The van der Waals surface area contributed by atoms with Crippen LogP contribution in [-0.4, -0.2) is 63.2 Å². The summed E-state index contributed by atoms with van der Waals surface area (Å²) in [7, 11) is 0. The molecule has 0 bridgehead atoms. The second-order valence-electron chi connectivity index (χ2n) is 10.2. The van der Waals surface area contributed by atoms with Crippen LogP contribution in [0.1, 0.15) is 51.4 Å². The minimum absolute atomic E-state index is 0.00129. The third-order valence-corrected chi connectivity index (χ3v) is 6.40. The maximum atomic E-state index is 12.7. The van der Waals surface area contributed by atoms with E-state index in [0.717, 1.165) is 37.6 Å². The van der Waals surface area contributed by atoms with E-state index in [1.165, 1.54) is 11.1 Å². The van der Waals surface area contributed by atoms with Crippen molar-refractivity contribution in [3.05, 3.63) is 52.4 Å². The Balaban J connectivity index is 1.52. The molecule has 0 saturated carbocycles. The minimum atomic E-state index is -0.512. The number of hydrogen-bond acceptors (Lipinski definition) is 6. The number of fused-ring (bicyclic) bond motifs is 1. The topological polar surface area (TPSA) is 61.8 Å². The molecule has 2 atom stereocenters. The predicted octanol–water partition coefficient (Wildman–Crippen LogP) is 4.52. The van der Waals surface area contributed by atoms with Crippen LogP contribution >= 0.6 is 11.6 Å². The Morgan fingerprint density at radius 3 is 2.55 bits per heavy atom. The Labute approximate surface area is 201 Å². The number of amides is 1. The Kier molecular flexibility index (Phi) is 6.82. The molecule has 2 aromatic rings. The normalized spacial score (nSPS) is 21.6. The zero-order valence-corrected chi connectivity index (χ0v) is 21.0. The van der Waals surface area contributed by atoms with Crippen molar-refractivity contribution in [3.8, 4) is 0 Å². The van der Waals surface area contributed by atoms with E-state index in [1.807, 2.05) is 31.7 Å². The number of ether oxygens (including phenoxy) is 1. The van der Waals surface area contributed by atoms with Gasteiger partial charge in [0.15, 0.2) is 0 Å². The van der Waals surface area contributed by atoms with E-state index in [2.05, 4.69) is 57.9 Å². The van der Waals surface area contributed by atoms with Crippen molar-refractivity contribution in [3.63, 3.8) is 0 Å². The number of rotatable bonds is 3. The summed E-state index contributed by atoms with van der Waals surface area (Å²) in [6, 6.07) is 10.6. The number of halogens is 1. The van der Waals surface area contributed by atoms with E-state index < -0.39 is 5.60 Å². The first-order valence-corrected chi connectivity index (χ1v) is 12.1. The van der Waals surface area contributed by atoms with E-state index in [-0.39, 0.29) is 23.5 Å². The summed E-state index contributed by atoms with van der Waals surface area (Å²) in [5.41, 5.74) is 2.96. The van der Waals surface area contributed by atoms with Gasteiger partial charge in [-0.1, -0.05) is 30.3 Å². The third-order valence-electron chi connectivity index (χ3n) is 6.23. The predicted molar refractivity (Wildman–Crippen MR) is 131 cm³/mol. The van der Waals surface area contributed by atoms with Crippen molar-refractivity contribution < 1.29 is 9.53 Å². The molecular formula is C25H34ClN5O2. The summed E-state index contributed by atoms with van der Waals surface area (Å²) in [5.74, 6) is 0.910. The third kappa shape index (κ3) is 5.58.